The van der Waals surface area contributed by atoms with Gasteiger partial charge in [-0.25, -0.2) is 25.0 Å². The highest BCUT2D eigenvalue weighted by Gasteiger charge is 2.17. The van der Waals surface area contributed by atoms with E-state index in [4.69, 9.17) is 21.1 Å². The van der Waals surface area contributed by atoms with E-state index in [9.17, 15) is 19.2 Å². The summed E-state index contributed by atoms with van der Waals surface area (Å²) < 4.78 is 18.5. The molecule has 0 aromatic heterocycles. The van der Waals surface area contributed by atoms with Crippen molar-refractivity contribution in [2.75, 3.05) is 27.4 Å². The number of hydrazine groups is 1. The Bertz CT molecular complexity index is 543. The first-order valence-electron chi connectivity index (χ1n) is 7.11. The van der Waals surface area contributed by atoms with E-state index in [1.54, 1.807) is 0 Å². The number of methoxy groups -OCH3 is 2. The van der Waals surface area contributed by atoms with Crippen molar-refractivity contribution < 1.29 is 38.1 Å². The van der Waals surface area contributed by atoms with Crippen LogP contribution in [-0.4, -0.2) is 62.4 Å². The molecule has 0 atom stereocenters. The molecule has 0 aliphatic rings. The molecule has 0 spiro atoms. The van der Waals surface area contributed by atoms with Gasteiger partial charge in [-0.05, 0) is 0 Å². The monoisotopic (exact) mass is 371 g/mol. The van der Waals surface area contributed by atoms with Crippen LogP contribution in [0.3, 0.4) is 0 Å². The lowest BCUT2D eigenvalue weighted by molar-refractivity contribution is -0.144. The highest BCUT2D eigenvalue weighted by atomic mass is 16.6. The van der Waals surface area contributed by atoms with Gasteiger partial charge in [-0.15, -0.1) is 0 Å². The zero-order chi connectivity index (χ0) is 19.9. The fourth-order valence-electron chi connectivity index (χ4n) is 1.30. The van der Waals surface area contributed by atoms with Gasteiger partial charge in [0.05, 0.1) is 14.2 Å². The normalized spacial score (nSPS) is 11.1. The summed E-state index contributed by atoms with van der Waals surface area (Å²) in [7, 11) is 2.31. The van der Waals surface area contributed by atoms with Crippen molar-refractivity contribution in [3.05, 3.63) is 36.7 Å². The first-order valence-corrected chi connectivity index (χ1v) is 7.11. The highest BCUT2D eigenvalue weighted by molar-refractivity contribution is 5.92. The summed E-state index contributed by atoms with van der Waals surface area (Å²) in [5.41, 5.74) is 5.23. The van der Waals surface area contributed by atoms with Crippen LogP contribution in [0.5, 0.6) is 0 Å². The quantitative estimate of drug-likeness (QED) is 0.151. The number of hydrogen-bond acceptors (Lipinski definition) is 11. The lowest BCUT2D eigenvalue weighted by atomic mass is 10.3. The molecular weight excluding hydrogens is 350 g/mol. The average molecular weight is 371 g/mol. The summed E-state index contributed by atoms with van der Waals surface area (Å²) in [5, 5.41) is 1.06. The van der Waals surface area contributed by atoms with E-state index in [0.29, 0.717) is 0 Å². The number of esters is 4. The summed E-state index contributed by atoms with van der Waals surface area (Å²) in [4.78, 5) is 44.8. The molecule has 0 aliphatic heterocycles. The molecule has 0 unspecified atom stereocenters. The SMILES string of the molecule is COC(=O)/C=C/C(=O)OCC(COC(=O)/C=C/C(=O)OC)N(N)/C=C\N. The molecule has 0 aliphatic carbocycles. The summed E-state index contributed by atoms with van der Waals surface area (Å²) in [6, 6.07) is -0.777. The molecule has 11 heteroatoms. The zero-order valence-corrected chi connectivity index (χ0v) is 14.3. The zero-order valence-electron chi connectivity index (χ0n) is 14.3. The van der Waals surface area contributed by atoms with Crippen LogP contribution in [0.1, 0.15) is 0 Å². The van der Waals surface area contributed by atoms with E-state index in [0.717, 1.165) is 49.7 Å². The molecular formula is C15H21N3O8. The Balaban J connectivity index is 4.67. The van der Waals surface area contributed by atoms with E-state index >= 15 is 0 Å². The minimum Gasteiger partial charge on any atom is -0.466 e. The van der Waals surface area contributed by atoms with Crippen molar-refractivity contribution in [2.24, 2.45) is 11.6 Å². The number of nitrogens with zero attached hydrogens (tertiary/aromatic N) is 1. The van der Waals surface area contributed by atoms with Crippen LogP contribution in [0.25, 0.3) is 0 Å². The molecule has 0 radical (unpaired) electrons. The Morgan fingerprint density at radius 1 is 0.846 bits per heavy atom. The topological polar surface area (TPSA) is 160 Å². The summed E-state index contributed by atoms with van der Waals surface area (Å²) >= 11 is 0. The van der Waals surface area contributed by atoms with Crippen molar-refractivity contribution >= 4 is 23.9 Å². The van der Waals surface area contributed by atoms with Gasteiger partial charge in [0.25, 0.3) is 0 Å². The highest BCUT2D eigenvalue weighted by Crippen LogP contribution is 2.00. The van der Waals surface area contributed by atoms with Crippen LogP contribution < -0.4 is 11.6 Å². The number of carbonyl (C=O) groups excluding carboxylic acids is 4. The van der Waals surface area contributed by atoms with Gasteiger partial charge in [0.15, 0.2) is 0 Å². The Morgan fingerprint density at radius 2 is 1.23 bits per heavy atom. The lowest BCUT2D eigenvalue weighted by Crippen LogP contribution is -2.44. The molecule has 0 aromatic rings. The maximum absolute atomic E-state index is 11.5. The Hall–Kier alpha value is -3.34. The van der Waals surface area contributed by atoms with Crippen molar-refractivity contribution in [1.82, 2.24) is 5.01 Å². The minimum atomic E-state index is -0.831. The lowest BCUT2D eigenvalue weighted by Gasteiger charge is -2.24. The van der Waals surface area contributed by atoms with E-state index in [1.807, 2.05) is 0 Å². The van der Waals surface area contributed by atoms with Gasteiger partial charge in [-0.3, -0.25) is 0 Å². The molecule has 4 N–H and O–H groups in total. The predicted molar refractivity (Wildman–Crippen MR) is 87.4 cm³/mol. The maximum Gasteiger partial charge on any atom is 0.331 e. The third-order valence-electron chi connectivity index (χ3n) is 2.63. The van der Waals surface area contributed by atoms with Gasteiger partial charge in [0.2, 0.25) is 0 Å². The number of nitrogens with two attached hydrogens (primary N) is 2. The molecule has 144 valence electrons. The molecule has 26 heavy (non-hydrogen) atoms. The van der Waals surface area contributed by atoms with Crippen LogP contribution in [0, 0.1) is 0 Å². The maximum atomic E-state index is 11.5. The Labute approximate surface area is 149 Å². The third-order valence-corrected chi connectivity index (χ3v) is 2.63. The second kappa shape index (κ2) is 13.0. The van der Waals surface area contributed by atoms with Crippen molar-refractivity contribution in [3.8, 4) is 0 Å². The van der Waals surface area contributed by atoms with E-state index in [-0.39, 0.29) is 13.2 Å². The van der Waals surface area contributed by atoms with Gasteiger partial charge >= 0.3 is 23.9 Å². The largest absolute Gasteiger partial charge is 0.466 e. The fraction of sp³-hybridized carbons (Fsp3) is 0.333. The Kier molecular flexibility index (Phi) is 11.3. The first-order chi connectivity index (χ1) is 12.3. The van der Waals surface area contributed by atoms with E-state index < -0.39 is 29.9 Å². The average Bonchev–Trinajstić information content (AvgIpc) is 2.63. The second-order valence-corrected chi connectivity index (χ2v) is 4.42. The summed E-state index contributed by atoms with van der Waals surface area (Å²) in [5.74, 6) is 2.57. The molecule has 0 bridgehead atoms. The molecule has 0 saturated heterocycles. The van der Waals surface area contributed by atoms with Crippen molar-refractivity contribution in [3.63, 3.8) is 0 Å². The number of ether oxygens (including phenoxy) is 4. The van der Waals surface area contributed by atoms with Gasteiger partial charge in [-0.2, -0.15) is 0 Å². The molecule has 11 nitrogen and oxygen atoms in total. The van der Waals surface area contributed by atoms with E-state index in [2.05, 4.69) is 9.47 Å². The third kappa shape index (κ3) is 10.4. The van der Waals surface area contributed by atoms with Crippen LogP contribution in [0.15, 0.2) is 36.7 Å². The van der Waals surface area contributed by atoms with Crippen LogP contribution in [-0.2, 0) is 38.1 Å². The van der Waals surface area contributed by atoms with Crippen LogP contribution in [0.2, 0.25) is 0 Å². The molecule has 0 heterocycles. The number of hydrogen-bond donors (Lipinski definition) is 2. The van der Waals surface area contributed by atoms with E-state index in [1.165, 1.54) is 6.20 Å². The van der Waals surface area contributed by atoms with Crippen molar-refractivity contribution in [1.29, 1.82) is 0 Å². The molecule has 0 fully saturated rings. The molecule has 0 amide bonds. The first kappa shape index (κ1) is 22.7. The number of carbonyl (C=O) groups is 4. The van der Waals surface area contributed by atoms with Crippen LogP contribution >= 0.6 is 0 Å². The summed E-state index contributed by atoms with van der Waals surface area (Å²) in [6.07, 6.45) is 5.90. The summed E-state index contributed by atoms with van der Waals surface area (Å²) in [6.45, 7) is -0.557. The number of rotatable bonds is 10. The van der Waals surface area contributed by atoms with Crippen molar-refractivity contribution in [2.45, 2.75) is 6.04 Å². The fourth-order valence-corrected chi connectivity index (χ4v) is 1.30. The second-order valence-electron chi connectivity index (χ2n) is 4.42. The predicted octanol–water partition coefficient (Wildman–Crippen LogP) is -1.49. The molecule has 0 aromatic carbocycles. The van der Waals surface area contributed by atoms with Crippen LogP contribution in [0.4, 0.5) is 0 Å². The Morgan fingerprint density at radius 3 is 1.58 bits per heavy atom. The smallest absolute Gasteiger partial charge is 0.331 e. The molecule has 0 rings (SSSR count). The van der Waals surface area contributed by atoms with Gasteiger partial charge in [0, 0.05) is 36.7 Å². The van der Waals surface area contributed by atoms with Gasteiger partial charge < -0.3 is 29.7 Å². The van der Waals surface area contributed by atoms with Gasteiger partial charge in [0.1, 0.15) is 19.3 Å². The van der Waals surface area contributed by atoms with Gasteiger partial charge in [-0.1, -0.05) is 0 Å². The molecule has 0 saturated carbocycles. The minimum absolute atomic E-state index is 0.279. The standard InChI is InChI=1S/C15H21N3O8/c1-23-12(19)3-5-14(21)25-9-11(18(17)8-7-16)10-26-15(22)6-4-13(20)24-2/h3-8,11H,9-10,16-17H2,1-2H3/b5-3+,6-4+,8-7-.